The number of nitrogens with zero attached hydrogens (tertiary/aromatic N) is 4. The molecule has 0 saturated heterocycles. The van der Waals surface area contributed by atoms with Gasteiger partial charge in [-0.05, 0) is 29.2 Å². The van der Waals surface area contributed by atoms with E-state index in [1.807, 2.05) is 16.4 Å². The van der Waals surface area contributed by atoms with Gasteiger partial charge in [0.25, 0.3) is 0 Å². The van der Waals surface area contributed by atoms with Crippen LogP contribution in [0.2, 0.25) is 0 Å². The van der Waals surface area contributed by atoms with E-state index in [2.05, 4.69) is 27.8 Å². The molecule has 1 aromatic rings. The summed E-state index contributed by atoms with van der Waals surface area (Å²) < 4.78 is 6.94. The highest BCUT2D eigenvalue weighted by molar-refractivity contribution is 7.99. The van der Waals surface area contributed by atoms with Crippen molar-refractivity contribution >= 4 is 11.8 Å². The Hall–Kier alpha value is -0.660. The van der Waals surface area contributed by atoms with Crippen LogP contribution in [0, 0.1) is 5.92 Å². The topological polar surface area (TPSA) is 64.9 Å². The Morgan fingerprint density at radius 1 is 1.33 bits per heavy atom. The van der Waals surface area contributed by atoms with E-state index < -0.39 is 0 Å². The van der Waals surface area contributed by atoms with Crippen LogP contribution in [-0.4, -0.2) is 52.3 Å². The van der Waals surface area contributed by atoms with Crippen LogP contribution in [0.15, 0.2) is 5.16 Å². The zero-order chi connectivity index (χ0) is 14.9. The van der Waals surface area contributed by atoms with Crippen LogP contribution >= 0.6 is 11.8 Å². The average Bonchev–Trinajstić information content (AvgIpc) is 2.95. The molecule has 1 N–H and O–H groups in total. The fourth-order valence-electron chi connectivity index (χ4n) is 2.84. The molecule has 0 spiro atoms. The molecule has 2 atom stereocenters. The first-order valence-electron chi connectivity index (χ1n) is 7.97. The van der Waals surface area contributed by atoms with Gasteiger partial charge in [0.1, 0.15) is 0 Å². The highest BCUT2D eigenvalue weighted by Gasteiger charge is 2.26. The molecule has 0 amide bonds. The van der Waals surface area contributed by atoms with Gasteiger partial charge in [0.05, 0.1) is 13.2 Å². The molecule has 2 unspecified atom stereocenters. The average molecular weight is 313 g/mol. The van der Waals surface area contributed by atoms with Crippen molar-refractivity contribution in [3.05, 3.63) is 0 Å². The Balaban J connectivity index is 1.81. The Labute approximate surface area is 131 Å². The van der Waals surface area contributed by atoms with Crippen molar-refractivity contribution in [2.75, 3.05) is 26.8 Å². The Morgan fingerprint density at radius 2 is 2.19 bits per heavy atom. The molecule has 0 radical (unpaired) electrons. The van der Waals surface area contributed by atoms with E-state index in [1.165, 1.54) is 32.1 Å². The van der Waals surface area contributed by atoms with Gasteiger partial charge in [0.2, 0.25) is 5.16 Å². The van der Waals surface area contributed by atoms with E-state index in [-0.39, 0.29) is 0 Å². The maximum Gasteiger partial charge on any atom is 0.209 e. The Bertz CT molecular complexity index is 400. The lowest BCUT2D eigenvalue weighted by atomic mass is 9.87. The maximum absolute atomic E-state index is 5.01. The summed E-state index contributed by atoms with van der Waals surface area (Å²) in [6.07, 6.45) is 6.63. The van der Waals surface area contributed by atoms with Gasteiger partial charge in [-0.3, -0.25) is 0 Å². The Morgan fingerprint density at radius 3 is 3.00 bits per heavy atom. The molecule has 1 aliphatic carbocycles. The largest absolute Gasteiger partial charge is 0.383 e. The molecule has 120 valence electrons. The molecule has 1 heterocycles. The standard InChI is InChI=1S/C14H27N5OS/c1-3-12-6-4-5-7-13(12)21-14-16-17-18-19(14)10-8-15-9-11-20-2/h12-13,15H,3-11H2,1-2H3. The first-order valence-corrected chi connectivity index (χ1v) is 8.85. The van der Waals surface area contributed by atoms with Gasteiger partial charge in [-0.15, -0.1) is 5.10 Å². The van der Waals surface area contributed by atoms with Crippen molar-refractivity contribution in [2.45, 2.75) is 56.0 Å². The molecule has 6 nitrogen and oxygen atoms in total. The molecule has 1 saturated carbocycles. The molecule has 0 aliphatic heterocycles. The van der Waals surface area contributed by atoms with Gasteiger partial charge < -0.3 is 10.1 Å². The van der Waals surface area contributed by atoms with Gasteiger partial charge in [-0.25, -0.2) is 4.68 Å². The fraction of sp³-hybridized carbons (Fsp3) is 0.929. The highest BCUT2D eigenvalue weighted by Crippen LogP contribution is 2.37. The van der Waals surface area contributed by atoms with Crippen LogP contribution < -0.4 is 5.32 Å². The number of thioether (sulfide) groups is 1. The summed E-state index contributed by atoms with van der Waals surface area (Å²) in [5.41, 5.74) is 0. The van der Waals surface area contributed by atoms with Gasteiger partial charge in [-0.1, -0.05) is 37.9 Å². The van der Waals surface area contributed by atoms with Crippen molar-refractivity contribution in [1.82, 2.24) is 25.5 Å². The highest BCUT2D eigenvalue weighted by atomic mass is 32.2. The normalized spacial score (nSPS) is 22.6. The third-order valence-corrected chi connectivity index (χ3v) is 5.53. The molecule has 0 aromatic carbocycles. The summed E-state index contributed by atoms with van der Waals surface area (Å²) in [7, 11) is 1.71. The molecule has 2 rings (SSSR count). The molecule has 1 aliphatic rings. The SMILES string of the molecule is CCC1CCCCC1Sc1nnnn1CCNCCOC. The molecule has 1 aromatic heterocycles. The van der Waals surface area contributed by atoms with E-state index in [0.29, 0.717) is 5.25 Å². The number of aromatic nitrogens is 4. The Kier molecular flexibility index (Phi) is 7.46. The smallest absolute Gasteiger partial charge is 0.209 e. The van der Waals surface area contributed by atoms with Crippen LogP contribution in [0.3, 0.4) is 0 Å². The minimum absolute atomic E-state index is 0.676. The van der Waals surface area contributed by atoms with E-state index in [1.54, 1.807) is 7.11 Å². The first kappa shape index (κ1) is 16.7. The lowest BCUT2D eigenvalue weighted by Gasteiger charge is -2.29. The number of tetrazole rings is 1. The second-order valence-electron chi connectivity index (χ2n) is 5.54. The number of nitrogens with one attached hydrogen (secondary N) is 1. The van der Waals surface area contributed by atoms with E-state index in [4.69, 9.17) is 4.74 Å². The van der Waals surface area contributed by atoms with E-state index >= 15 is 0 Å². The second-order valence-corrected chi connectivity index (χ2v) is 6.74. The summed E-state index contributed by atoms with van der Waals surface area (Å²) in [6, 6.07) is 0. The van der Waals surface area contributed by atoms with Crippen LogP contribution in [0.4, 0.5) is 0 Å². The molecule has 7 heteroatoms. The van der Waals surface area contributed by atoms with Crippen molar-refractivity contribution in [2.24, 2.45) is 5.92 Å². The maximum atomic E-state index is 5.01. The summed E-state index contributed by atoms with van der Waals surface area (Å²) in [4.78, 5) is 0. The van der Waals surface area contributed by atoms with Crippen molar-refractivity contribution in [3.63, 3.8) is 0 Å². The summed E-state index contributed by atoms with van der Waals surface area (Å²) in [5.74, 6) is 0.814. The minimum atomic E-state index is 0.676. The summed E-state index contributed by atoms with van der Waals surface area (Å²) in [6.45, 7) is 5.57. The number of hydrogen-bond donors (Lipinski definition) is 1. The fourth-order valence-corrected chi connectivity index (χ4v) is 4.25. The monoisotopic (exact) mass is 313 g/mol. The zero-order valence-electron chi connectivity index (χ0n) is 13.1. The number of rotatable bonds is 9. The summed E-state index contributed by atoms with van der Waals surface area (Å²) in [5, 5.41) is 17.1. The van der Waals surface area contributed by atoms with Crippen LogP contribution in [0.1, 0.15) is 39.0 Å². The predicted molar refractivity (Wildman–Crippen MR) is 84.5 cm³/mol. The quantitative estimate of drug-likeness (QED) is 0.703. The molecular weight excluding hydrogens is 286 g/mol. The number of ether oxygens (including phenoxy) is 1. The van der Waals surface area contributed by atoms with E-state index in [0.717, 1.165) is 37.3 Å². The van der Waals surface area contributed by atoms with Crippen LogP contribution in [-0.2, 0) is 11.3 Å². The lowest BCUT2D eigenvalue weighted by Crippen LogP contribution is -2.25. The minimum Gasteiger partial charge on any atom is -0.383 e. The molecule has 0 bridgehead atoms. The van der Waals surface area contributed by atoms with Gasteiger partial charge in [-0.2, -0.15) is 0 Å². The number of hydrogen-bond acceptors (Lipinski definition) is 6. The summed E-state index contributed by atoms with van der Waals surface area (Å²) >= 11 is 1.87. The van der Waals surface area contributed by atoms with Crippen molar-refractivity contribution in [3.8, 4) is 0 Å². The molecule has 1 fully saturated rings. The third-order valence-electron chi connectivity index (χ3n) is 4.10. The number of methoxy groups -OCH3 is 1. The zero-order valence-corrected chi connectivity index (χ0v) is 13.9. The van der Waals surface area contributed by atoms with Crippen LogP contribution in [0.25, 0.3) is 0 Å². The van der Waals surface area contributed by atoms with Gasteiger partial charge in [0.15, 0.2) is 0 Å². The van der Waals surface area contributed by atoms with Gasteiger partial charge >= 0.3 is 0 Å². The van der Waals surface area contributed by atoms with E-state index in [9.17, 15) is 0 Å². The van der Waals surface area contributed by atoms with Crippen LogP contribution in [0.5, 0.6) is 0 Å². The second kappa shape index (κ2) is 9.38. The third kappa shape index (κ3) is 5.23. The molecule has 21 heavy (non-hydrogen) atoms. The predicted octanol–water partition coefficient (Wildman–Crippen LogP) is 1.97. The first-order chi connectivity index (χ1) is 10.3. The van der Waals surface area contributed by atoms with Crippen molar-refractivity contribution < 1.29 is 4.74 Å². The van der Waals surface area contributed by atoms with Crippen molar-refractivity contribution in [1.29, 1.82) is 0 Å². The van der Waals surface area contributed by atoms with Gasteiger partial charge in [0, 0.05) is 25.4 Å². The lowest BCUT2D eigenvalue weighted by molar-refractivity contribution is 0.199. The molecular formula is C14H27N5OS.